The van der Waals surface area contributed by atoms with Gasteiger partial charge in [0.2, 0.25) is 0 Å². The Bertz CT molecular complexity index is 479. The molecule has 1 aromatic carbocycles. The molecule has 5 nitrogen and oxygen atoms in total. The van der Waals surface area contributed by atoms with Crippen LogP contribution < -0.4 is 16.2 Å². The van der Waals surface area contributed by atoms with Gasteiger partial charge in [-0.2, -0.15) is 13.2 Å². The maximum Gasteiger partial charge on any atom is 0.405 e. The van der Waals surface area contributed by atoms with Gasteiger partial charge in [-0.3, -0.25) is 10.2 Å². The maximum absolute atomic E-state index is 11.8. The molecule has 0 unspecified atom stereocenters. The predicted octanol–water partition coefficient (Wildman–Crippen LogP) is 1.96. The number of nitrogens with one attached hydrogen (secondary N) is 3. The average molecular weight is 340 g/mol. The number of carbonyl (C=O) groups excluding carboxylic acids is 2. The molecular weight excluding hydrogens is 331 g/mol. The maximum atomic E-state index is 11.8. The zero-order valence-electron chi connectivity index (χ0n) is 9.34. The van der Waals surface area contributed by atoms with Crippen LogP contribution in [0.2, 0.25) is 0 Å². The van der Waals surface area contributed by atoms with Gasteiger partial charge in [-0.15, -0.1) is 0 Å². The third-order valence-corrected chi connectivity index (χ3v) is 2.55. The molecule has 0 bridgehead atoms. The number of hydrazine groups is 1. The summed E-state index contributed by atoms with van der Waals surface area (Å²) in [5.41, 5.74) is 4.02. The van der Waals surface area contributed by atoms with E-state index < -0.39 is 24.7 Å². The zero-order chi connectivity index (χ0) is 14.5. The second-order valence-corrected chi connectivity index (χ2v) is 4.21. The summed E-state index contributed by atoms with van der Waals surface area (Å²) < 4.78 is 35.9. The van der Waals surface area contributed by atoms with Crippen molar-refractivity contribution in [1.82, 2.24) is 16.2 Å². The monoisotopic (exact) mass is 339 g/mol. The molecule has 1 aromatic rings. The van der Waals surface area contributed by atoms with E-state index >= 15 is 0 Å². The Morgan fingerprint density at radius 3 is 2.37 bits per heavy atom. The second-order valence-electron chi connectivity index (χ2n) is 3.36. The highest BCUT2D eigenvalue weighted by molar-refractivity contribution is 9.10. The molecule has 104 valence electrons. The Labute approximate surface area is 114 Å². The summed E-state index contributed by atoms with van der Waals surface area (Å²) in [6.07, 6.45) is -4.51. The molecule has 0 fully saturated rings. The summed E-state index contributed by atoms with van der Waals surface area (Å²) in [5.74, 6) is -0.658. The molecule has 3 N–H and O–H groups in total. The average Bonchev–Trinajstić information content (AvgIpc) is 2.33. The third kappa shape index (κ3) is 5.60. The van der Waals surface area contributed by atoms with Gasteiger partial charge in [0.05, 0.1) is 5.56 Å². The first-order valence-electron chi connectivity index (χ1n) is 4.95. The van der Waals surface area contributed by atoms with Crippen LogP contribution in [0.25, 0.3) is 0 Å². The lowest BCUT2D eigenvalue weighted by Gasteiger charge is -2.11. The molecule has 0 spiro atoms. The Hall–Kier alpha value is -1.77. The van der Waals surface area contributed by atoms with Crippen molar-refractivity contribution in [2.45, 2.75) is 6.18 Å². The number of benzene rings is 1. The molecule has 0 heterocycles. The zero-order valence-corrected chi connectivity index (χ0v) is 10.9. The van der Waals surface area contributed by atoms with E-state index in [0.717, 1.165) is 0 Å². The van der Waals surface area contributed by atoms with Crippen molar-refractivity contribution in [3.63, 3.8) is 0 Å². The van der Waals surface area contributed by atoms with Gasteiger partial charge in [-0.1, -0.05) is 12.1 Å². The second kappa shape index (κ2) is 6.41. The number of rotatable bonds is 2. The highest BCUT2D eigenvalue weighted by atomic mass is 79.9. The smallest absolute Gasteiger partial charge is 0.328 e. The number of halogens is 4. The van der Waals surface area contributed by atoms with Crippen molar-refractivity contribution in [2.24, 2.45) is 0 Å². The summed E-state index contributed by atoms with van der Waals surface area (Å²) in [6, 6.07) is 5.22. The van der Waals surface area contributed by atoms with Crippen LogP contribution in [0.4, 0.5) is 18.0 Å². The minimum absolute atomic E-state index is 0.235. The fraction of sp³-hybridized carbons (Fsp3) is 0.200. The molecule has 9 heteroatoms. The van der Waals surface area contributed by atoms with Crippen molar-refractivity contribution in [1.29, 1.82) is 0 Å². The van der Waals surface area contributed by atoms with Crippen LogP contribution in [0.3, 0.4) is 0 Å². The van der Waals surface area contributed by atoms with Crippen molar-refractivity contribution in [2.75, 3.05) is 6.54 Å². The van der Waals surface area contributed by atoms with Gasteiger partial charge in [0.25, 0.3) is 5.91 Å². The SMILES string of the molecule is O=C(NCC(F)(F)F)NNC(=O)c1ccccc1Br. The molecule has 0 aliphatic carbocycles. The van der Waals surface area contributed by atoms with E-state index in [-0.39, 0.29) is 5.56 Å². The lowest BCUT2D eigenvalue weighted by atomic mass is 10.2. The molecule has 0 atom stereocenters. The van der Waals surface area contributed by atoms with Gasteiger partial charge in [0.1, 0.15) is 6.54 Å². The fourth-order valence-corrected chi connectivity index (χ4v) is 1.52. The lowest BCUT2D eigenvalue weighted by Crippen LogP contribution is -2.49. The quantitative estimate of drug-likeness (QED) is 0.721. The molecule has 0 aliphatic heterocycles. The first kappa shape index (κ1) is 15.3. The Balaban J connectivity index is 2.43. The van der Waals surface area contributed by atoms with Gasteiger partial charge < -0.3 is 5.32 Å². The Morgan fingerprint density at radius 2 is 1.79 bits per heavy atom. The van der Waals surface area contributed by atoms with Crippen LogP contribution >= 0.6 is 15.9 Å². The standard InChI is InChI=1S/C10H9BrF3N3O2/c11-7-4-2-1-3-6(7)8(18)16-17-9(19)15-5-10(12,13)14/h1-4H,5H2,(H,16,18)(H2,15,17,19). The van der Waals surface area contributed by atoms with Crippen molar-refractivity contribution in [3.8, 4) is 0 Å². The summed E-state index contributed by atoms with van der Waals surface area (Å²) in [4.78, 5) is 22.5. The molecule has 0 saturated carbocycles. The Kier molecular flexibility index (Phi) is 5.16. The van der Waals surface area contributed by atoms with Crippen LogP contribution in [0, 0.1) is 0 Å². The largest absolute Gasteiger partial charge is 0.405 e. The van der Waals surface area contributed by atoms with Crippen molar-refractivity contribution < 1.29 is 22.8 Å². The minimum Gasteiger partial charge on any atom is -0.328 e. The molecule has 0 aliphatic rings. The predicted molar refractivity (Wildman–Crippen MR) is 64.2 cm³/mol. The number of carbonyl (C=O) groups is 2. The topological polar surface area (TPSA) is 70.2 Å². The number of amides is 3. The summed E-state index contributed by atoms with van der Waals surface area (Å²) in [7, 11) is 0. The highest BCUT2D eigenvalue weighted by Gasteiger charge is 2.27. The van der Waals surface area contributed by atoms with Crippen LogP contribution in [0.5, 0.6) is 0 Å². The van der Waals surface area contributed by atoms with Crippen LogP contribution in [-0.4, -0.2) is 24.7 Å². The summed E-state index contributed by atoms with van der Waals surface area (Å²) in [6.45, 7) is -1.48. The lowest BCUT2D eigenvalue weighted by molar-refractivity contribution is -0.122. The van der Waals surface area contributed by atoms with Gasteiger partial charge in [0, 0.05) is 4.47 Å². The molecule has 19 heavy (non-hydrogen) atoms. The number of urea groups is 1. The normalized spacial score (nSPS) is 10.7. The molecule has 0 radical (unpaired) electrons. The van der Waals surface area contributed by atoms with Gasteiger partial charge in [-0.05, 0) is 28.1 Å². The molecule has 3 amide bonds. The van der Waals surface area contributed by atoms with Crippen molar-refractivity contribution >= 4 is 27.9 Å². The van der Waals surface area contributed by atoms with Crippen LogP contribution in [0.15, 0.2) is 28.7 Å². The molecule has 1 rings (SSSR count). The molecular formula is C10H9BrF3N3O2. The van der Waals surface area contributed by atoms with Gasteiger partial charge in [0.15, 0.2) is 0 Å². The van der Waals surface area contributed by atoms with E-state index in [1.165, 1.54) is 6.07 Å². The van der Waals surface area contributed by atoms with E-state index in [0.29, 0.717) is 4.47 Å². The van der Waals surface area contributed by atoms with Crippen molar-refractivity contribution in [3.05, 3.63) is 34.3 Å². The van der Waals surface area contributed by atoms with E-state index in [9.17, 15) is 22.8 Å². The van der Waals surface area contributed by atoms with E-state index in [2.05, 4.69) is 15.9 Å². The van der Waals surface area contributed by atoms with E-state index in [1.54, 1.807) is 23.5 Å². The Morgan fingerprint density at radius 1 is 1.16 bits per heavy atom. The van der Waals surface area contributed by atoms with Crippen LogP contribution in [-0.2, 0) is 0 Å². The minimum atomic E-state index is -4.51. The van der Waals surface area contributed by atoms with Crippen LogP contribution in [0.1, 0.15) is 10.4 Å². The molecule has 0 aromatic heterocycles. The van der Waals surface area contributed by atoms with E-state index in [4.69, 9.17) is 0 Å². The summed E-state index contributed by atoms with van der Waals surface area (Å²) >= 11 is 3.12. The highest BCUT2D eigenvalue weighted by Crippen LogP contribution is 2.15. The van der Waals surface area contributed by atoms with Gasteiger partial charge >= 0.3 is 12.2 Å². The molecule has 0 saturated heterocycles. The number of hydrogen-bond acceptors (Lipinski definition) is 2. The number of alkyl halides is 3. The first-order chi connectivity index (χ1) is 8.79. The third-order valence-electron chi connectivity index (χ3n) is 1.86. The summed E-state index contributed by atoms with van der Waals surface area (Å²) in [5, 5.41) is 1.54. The fourth-order valence-electron chi connectivity index (χ4n) is 1.05. The number of hydrogen-bond donors (Lipinski definition) is 3. The van der Waals surface area contributed by atoms with E-state index in [1.807, 2.05) is 10.9 Å². The van der Waals surface area contributed by atoms with Gasteiger partial charge in [-0.25, -0.2) is 10.2 Å². The first-order valence-corrected chi connectivity index (χ1v) is 5.74.